The van der Waals surface area contributed by atoms with Crippen LogP contribution < -0.4 is 9.80 Å². The molecule has 1 aliphatic carbocycles. The Kier molecular flexibility index (Phi) is 11.9. The molecule has 16 rings (SSSR count). The molecule has 1 aliphatic rings. The lowest BCUT2D eigenvalue weighted by molar-refractivity contribution is 0.965. The largest absolute Gasteiger partial charge is 0.309 e. The SMILES string of the molecule is C[Si](C)(C)C1([Si](C)(C)C)c2cc3cc(-c4ccc(N(c5ccccc5)c5cccc6c5sc5ccccc56)cc4)ccc3cc2-c2c1c1ccc(-c3ccc(N(c4ccccc4)c4cccc5c4sc4ccccc45)cc3)cc1c1ccccc21. The molecule has 15 aromatic rings. The van der Waals surface area contributed by atoms with Gasteiger partial charge in [-0.05, 0) is 168 Å². The summed E-state index contributed by atoms with van der Waals surface area (Å²) in [5.41, 5.74) is 17.8. The highest BCUT2D eigenvalue weighted by atomic mass is 32.1. The molecule has 0 aliphatic heterocycles. The fraction of sp³-hybridized carbons (Fsp3) is 0.0886. The van der Waals surface area contributed by atoms with Gasteiger partial charge in [-0.2, -0.15) is 0 Å². The maximum Gasteiger partial charge on any atom is 0.0640 e. The van der Waals surface area contributed by atoms with Gasteiger partial charge in [0.1, 0.15) is 0 Å². The summed E-state index contributed by atoms with van der Waals surface area (Å²) < 4.78 is 5.13. The molecule has 2 nitrogen and oxygen atoms in total. The first-order chi connectivity index (χ1) is 41.4. The average Bonchev–Trinajstić information content (AvgIpc) is 1.58. The van der Waals surface area contributed by atoms with Crippen LogP contribution >= 0.6 is 22.7 Å². The van der Waals surface area contributed by atoms with E-state index < -0.39 is 16.1 Å². The van der Waals surface area contributed by atoms with E-state index in [0.717, 1.165) is 22.7 Å². The molecule has 0 fully saturated rings. The van der Waals surface area contributed by atoms with Crippen molar-refractivity contribution < 1.29 is 0 Å². The molecule has 0 radical (unpaired) electrons. The topological polar surface area (TPSA) is 6.48 Å². The van der Waals surface area contributed by atoms with Crippen molar-refractivity contribution in [1.82, 2.24) is 0 Å². The molecule has 13 aromatic carbocycles. The fourth-order valence-corrected chi connectivity index (χ4v) is 30.7. The number of rotatable bonds is 10. The first-order valence-electron chi connectivity index (χ1n) is 29.7. The Labute approximate surface area is 507 Å². The standard InChI is InChI=1S/C79H62N2S2Si2/c1-84(2,3)79(85(4,5)6)70-50-56-47-53(51-37-42-59(43-38-51)80(57-21-9-7-10-22-57)71-31-19-29-66-62-26-15-17-33-73(62)82-77(66)71)35-36-55(56)49-69(70)75-64-28-14-13-25-61(64)68-48-54(41-46-65(68)76(75)79)52-39-44-60(45-40-52)81(58-23-11-8-12-24-58)72-32-20-30-67-63-27-16-18-34-74(63)83-78(67)72/h7-50H,1-6H3. The van der Waals surface area contributed by atoms with Crippen molar-refractivity contribution in [3.63, 3.8) is 0 Å². The van der Waals surface area contributed by atoms with E-state index in [2.05, 4.69) is 316 Å². The molecule has 0 spiro atoms. The quantitative estimate of drug-likeness (QED) is 0.0995. The predicted octanol–water partition coefficient (Wildman–Crippen LogP) is 24.2. The van der Waals surface area contributed by atoms with Crippen molar-refractivity contribution >= 4 is 146 Å². The van der Waals surface area contributed by atoms with Gasteiger partial charge in [0.2, 0.25) is 0 Å². The van der Waals surface area contributed by atoms with E-state index in [4.69, 9.17) is 0 Å². The van der Waals surface area contributed by atoms with E-state index >= 15 is 0 Å². The number of para-hydroxylation sites is 2. The third-order valence-electron chi connectivity index (χ3n) is 18.5. The lowest BCUT2D eigenvalue weighted by Gasteiger charge is -2.51. The molecule has 0 unspecified atom stereocenters. The Morgan fingerprint density at radius 1 is 0.306 bits per heavy atom. The third kappa shape index (κ3) is 7.99. The average molecular weight is 1160 g/mol. The van der Waals surface area contributed by atoms with Gasteiger partial charge in [0, 0.05) is 58.4 Å². The fourth-order valence-electron chi connectivity index (χ4n) is 15.3. The minimum atomic E-state index is -2.11. The zero-order chi connectivity index (χ0) is 57.3. The van der Waals surface area contributed by atoms with Crippen LogP contribution in [0.2, 0.25) is 39.3 Å². The highest BCUT2D eigenvalue weighted by molar-refractivity contribution is 7.26. The summed E-state index contributed by atoms with van der Waals surface area (Å²) >= 11 is 3.75. The van der Waals surface area contributed by atoms with Gasteiger partial charge in [0.15, 0.2) is 0 Å². The molecule has 85 heavy (non-hydrogen) atoms. The van der Waals surface area contributed by atoms with Crippen LogP contribution in [0.5, 0.6) is 0 Å². The van der Waals surface area contributed by atoms with Crippen LogP contribution in [0.1, 0.15) is 11.1 Å². The first-order valence-corrected chi connectivity index (χ1v) is 38.4. The third-order valence-corrected chi connectivity index (χ3v) is 31.0. The van der Waals surface area contributed by atoms with Crippen LogP contribution in [0.25, 0.3) is 106 Å². The maximum atomic E-state index is 2.66. The molecule has 0 atom stereocenters. The van der Waals surface area contributed by atoms with Crippen LogP contribution in [-0.2, 0) is 4.66 Å². The summed E-state index contributed by atoms with van der Waals surface area (Å²) in [6.45, 7) is 15.9. The summed E-state index contributed by atoms with van der Waals surface area (Å²) in [5.74, 6) is 0. The number of benzene rings is 13. The van der Waals surface area contributed by atoms with Crippen molar-refractivity contribution in [1.29, 1.82) is 0 Å². The van der Waals surface area contributed by atoms with Crippen LogP contribution in [0, 0.1) is 0 Å². The van der Waals surface area contributed by atoms with Crippen LogP contribution in [0.3, 0.4) is 0 Å². The van der Waals surface area contributed by atoms with Gasteiger partial charge >= 0.3 is 0 Å². The molecule has 2 heterocycles. The van der Waals surface area contributed by atoms with Crippen LogP contribution in [0.15, 0.2) is 267 Å². The van der Waals surface area contributed by atoms with E-state index in [0.29, 0.717) is 0 Å². The number of hydrogen-bond donors (Lipinski definition) is 0. The molecular weight excluding hydrogens is 1100 g/mol. The second kappa shape index (κ2) is 19.6. The van der Waals surface area contributed by atoms with Crippen molar-refractivity contribution in [2.24, 2.45) is 0 Å². The van der Waals surface area contributed by atoms with E-state index in [1.807, 2.05) is 22.7 Å². The minimum Gasteiger partial charge on any atom is -0.309 e. The molecule has 0 N–H and O–H groups in total. The van der Waals surface area contributed by atoms with Gasteiger partial charge < -0.3 is 9.80 Å². The predicted molar refractivity (Wildman–Crippen MR) is 378 cm³/mol. The van der Waals surface area contributed by atoms with Gasteiger partial charge in [-0.1, -0.05) is 215 Å². The summed E-state index contributed by atoms with van der Waals surface area (Å²) in [5, 5.41) is 13.2. The molecule has 0 saturated heterocycles. The lowest BCUT2D eigenvalue weighted by atomic mass is 9.89. The van der Waals surface area contributed by atoms with Crippen LogP contribution in [-0.4, -0.2) is 16.1 Å². The zero-order valence-corrected chi connectivity index (χ0v) is 52.2. The molecule has 2 aromatic heterocycles. The minimum absolute atomic E-state index is 0.0850. The summed E-state index contributed by atoms with van der Waals surface area (Å²) in [4.78, 5) is 4.86. The summed E-state index contributed by atoms with van der Waals surface area (Å²) in [7, 11) is -4.21. The van der Waals surface area contributed by atoms with Gasteiger partial charge in [-0.25, -0.2) is 0 Å². The smallest absolute Gasteiger partial charge is 0.0640 e. The Balaban J connectivity index is 0.804. The normalized spacial score (nSPS) is 13.2. The number of anilines is 6. The molecule has 6 heteroatoms. The van der Waals surface area contributed by atoms with Crippen molar-refractivity contribution in [3.8, 4) is 33.4 Å². The van der Waals surface area contributed by atoms with Crippen LogP contribution in [0.4, 0.5) is 34.1 Å². The Morgan fingerprint density at radius 3 is 1.27 bits per heavy atom. The van der Waals surface area contributed by atoms with E-state index in [9.17, 15) is 0 Å². The molecule has 0 bridgehead atoms. The zero-order valence-electron chi connectivity index (χ0n) is 48.6. The number of fused-ring (bicyclic) bond motifs is 15. The highest BCUT2D eigenvalue weighted by Crippen LogP contribution is 2.62. The summed E-state index contributed by atoms with van der Waals surface area (Å²) in [6.07, 6.45) is 0. The van der Waals surface area contributed by atoms with E-state index in [-0.39, 0.29) is 4.66 Å². The van der Waals surface area contributed by atoms with E-state index in [1.165, 1.54) is 117 Å². The van der Waals surface area contributed by atoms with E-state index in [1.54, 1.807) is 11.1 Å². The second-order valence-electron chi connectivity index (χ2n) is 25.2. The Hall–Kier alpha value is -8.89. The van der Waals surface area contributed by atoms with Gasteiger partial charge in [0.25, 0.3) is 0 Å². The molecule has 408 valence electrons. The van der Waals surface area contributed by atoms with Crippen molar-refractivity contribution in [2.75, 3.05) is 9.80 Å². The van der Waals surface area contributed by atoms with Crippen molar-refractivity contribution in [3.05, 3.63) is 278 Å². The maximum absolute atomic E-state index is 2.66. The van der Waals surface area contributed by atoms with Gasteiger partial charge in [-0.3, -0.25) is 0 Å². The number of thiophene rings is 2. The highest BCUT2D eigenvalue weighted by Gasteiger charge is 2.60. The van der Waals surface area contributed by atoms with Gasteiger partial charge in [-0.15, -0.1) is 22.7 Å². The monoisotopic (exact) mass is 1160 g/mol. The number of hydrogen-bond acceptors (Lipinski definition) is 4. The summed E-state index contributed by atoms with van der Waals surface area (Å²) in [6, 6.07) is 100. The Morgan fingerprint density at radius 2 is 0.741 bits per heavy atom. The molecular formula is C79H62N2S2Si2. The lowest BCUT2D eigenvalue weighted by Crippen LogP contribution is -2.63. The number of nitrogens with zero attached hydrogens (tertiary/aromatic N) is 2. The molecule has 0 amide bonds. The first kappa shape index (κ1) is 51.7. The second-order valence-corrected chi connectivity index (χ2v) is 38.3. The Bertz CT molecular complexity index is 5130. The van der Waals surface area contributed by atoms with Crippen molar-refractivity contribution in [2.45, 2.75) is 43.9 Å². The molecule has 0 saturated carbocycles. The van der Waals surface area contributed by atoms with Gasteiger partial charge in [0.05, 0.1) is 36.9 Å².